The van der Waals surface area contributed by atoms with Crippen LogP contribution in [0.1, 0.15) is 17.8 Å². The molecule has 0 aliphatic rings. The molecule has 140 valence electrons. The zero-order valence-electron chi connectivity index (χ0n) is 15.3. The summed E-state index contributed by atoms with van der Waals surface area (Å²) in [5.74, 6) is 0.294. The molecule has 2 aromatic heterocycles. The molecule has 28 heavy (non-hydrogen) atoms. The van der Waals surface area contributed by atoms with Gasteiger partial charge in [-0.25, -0.2) is 0 Å². The van der Waals surface area contributed by atoms with Crippen LogP contribution >= 0.6 is 23.1 Å². The molecule has 0 fully saturated rings. The van der Waals surface area contributed by atoms with Gasteiger partial charge in [-0.2, -0.15) is 0 Å². The van der Waals surface area contributed by atoms with Crippen LogP contribution in [0.2, 0.25) is 0 Å². The summed E-state index contributed by atoms with van der Waals surface area (Å²) in [6, 6.07) is 22.1. The molecule has 0 unspecified atom stereocenters. The van der Waals surface area contributed by atoms with Gasteiger partial charge in [0, 0.05) is 21.2 Å². The minimum atomic E-state index is -0.0103. The average Bonchev–Trinajstić information content (AvgIpc) is 3.28. The van der Waals surface area contributed by atoms with Gasteiger partial charge in [0.2, 0.25) is 5.91 Å². The Labute approximate surface area is 172 Å². The molecule has 1 amide bonds. The molecule has 4 rings (SSSR count). The number of fused-ring (bicyclic) bond motifs is 1. The summed E-state index contributed by atoms with van der Waals surface area (Å²) in [5, 5.41) is 16.8. The largest absolute Gasteiger partial charge is 0.348 e. The summed E-state index contributed by atoms with van der Waals surface area (Å²) in [7, 11) is 0. The van der Waals surface area contributed by atoms with Gasteiger partial charge in [0.05, 0.1) is 11.8 Å². The number of hydrogen-bond donors (Lipinski definition) is 1. The maximum atomic E-state index is 12.4. The van der Waals surface area contributed by atoms with Crippen LogP contribution in [0.4, 0.5) is 0 Å². The topological polar surface area (TPSA) is 54.9 Å². The molecule has 0 spiro atoms. The summed E-state index contributed by atoms with van der Waals surface area (Å²) >= 11 is 3.06. The minimum Gasteiger partial charge on any atom is -0.348 e. The van der Waals surface area contributed by atoms with E-state index in [-0.39, 0.29) is 11.9 Å². The molecule has 1 atom stereocenters. The van der Waals surface area contributed by atoms with Crippen molar-refractivity contribution in [2.24, 2.45) is 0 Å². The van der Waals surface area contributed by atoms with Crippen molar-refractivity contribution in [1.29, 1.82) is 0 Å². The molecule has 2 aromatic carbocycles. The van der Waals surface area contributed by atoms with Crippen molar-refractivity contribution in [3.05, 3.63) is 77.0 Å². The third-order valence-electron chi connectivity index (χ3n) is 4.39. The van der Waals surface area contributed by atoms with Crippen LogP contribution in [0.25, 0.3) is 22.0 Å². The Kier molecular flexibility index (Phi) is 5.69. The van der Waals surface area contributed by atoms with Crippen molar-refractivity contribution in [1.82, 2.24) is 15.5 Å². The number of hydrogen-bond acceptors (Lipinski definition) is 5. The highest BCUT2D eigenvalue weighted by Crippen LogP contribution is 2.31. The Morgan fingerprint density at radius 3 is 2.50 bits per heavy atom. The number of nitrogens with zero attached hydrogens (tertiary/aromatic N) is 2. The number of carbonyl (C=O) groups is 1. The Balaban J connectivity index is 1.53. The number of rotatable bonds is 6. The van der Waals surface area contributed by atoms with E-state index in [0.717, 1.165) is 31.9 Å². The third kappa shape index (κ3) is 4.08. The van der Waals surface area contributed by atoms with E-state index in [9.17, 15) is 4.79 Å². The highest BCUT2D eigenvalue weighted by Gasteiger charge is 2.14. The van der Waals surface area contributed by atoms with Crippen LogP contribution in [0.15, 0.2) is 77.1 Å². The molecule has 1 N–H and O–H groups in total. The van der Waals surface area contributed by atoms with Crippen LogP contribution in [-0.2, 0) is 4.79 Å². The molecule has 0 aliphatic carbocycles. The predicted octanol–water partition coefficient (Wildman–Crippen LogP) is 5.33. The van der Waals surface area contributed by atoms with Crippen LogP contribution in [0, 0.1) is 0 Å². The average molecular weight is 406 g/mol. The van der Waals surface area contributed by atoms with E-state index in [4.69, 9.17) is 0 Å². The van der Waals surface area contributed by atoms with Crippen LogP contribution in [0.5, 0.6) is 0 Å². The third-order valence-corrected chi connectivity index (χ3v) is 6.42. The van der Waals surface area contributed by atoms with Crippen molar-refractivity contribution in [3.8, 4) is 11.3 Å². The molecular weight excluding hydrogens is 386 g/mol. The second-order valence-corrected chi connectivity index (χ2v) is 8.30. The second-order valence-electron chi connectivity index (χ2n) is 6.36. The first-order valence-corrected chi connectivity index (χ1v) is 10.9. The van der Waals surface area contributed by atoms with Gasteiger partial charge in [-0.1, -0.05) is 72.4 Å². The standard InChI is InChI=1S/C22H19N3OS2/c1-15(19-12-7-13-27-19)23-20(26)14-28-22-18-11-6-5-10-17(18)21(24-25-22)16-8-3-2-4-9-16/h2-13,15H,14H2,1H3,(H,23,26)/t15-/m0/s1. The van der Waals surface area contributed by atoms with Crippen LogP contribution in [0.3, 0.4) is 0 Å². The summed E-state index contributed by atoms with van der Waals surface area (Å²) in [4.78, 5) is 13.5. The number of carbonyl (C=O) groups excluding carboxylic acids is 1. The first-order chi connectivity index (χ1) is 13.7. The van der Waals surface area contributed by atoms with Crippen molar-refractivity contribution < 1.29 is 4.79 Å². The fourth-order valence-electron chi connectivity index (χ4n) is 3.02. The Morgan fingerprint density at radius 1 is 1.00 bits per heavy atom. The lowest BCUT2D eigenvalue weighted by molar-refractivity contribution is -0.119. The van der Waals surface area contributed by atoms with Gasteiger partial charge in [-0.15, -0.1) is 21.5 Å². The molecule has 6 heteroatoms. The van der Waals surface area contributed by atoms with E-state index < -0.39 is 0 Å². The number of nitrogens with one attached hydrogen (secondary N) is 1. The SMILES string of the molecule is C[C@H](NC(=O)CSc1nnc(-c2ccccc2)c2ccccc12)c1cccs1. The predicted molar refractivity (Wildman–Crippen MR) is 117 cm³/mol. The number of thiophene rings is 1. The summed E-state index contributed by atoms with van der Waals surface area (Å²) in [6.45, 7) is 2.00. The number of aromatic nitrogens is 2. The zero-order chi connectivity index (χ0) is 19.3. The number of benzene rings is 2. The minimum absolute atomic E-state index is 0.0103. The molecular formula is C22H19N3OS2. The lowest BCUT2D eigenvalue weighted by atomic mass is 10.1. The van der Waals surface area contributed by atoms with Crippen molar-refractivity contribution in [3.63, 3.8) is 0 Å². The van der Waals surface area contributed by atoms with E-state index in [1.54, 1.807) is 11.3 Å². The van der Waals surface area contributed by atoms with E-state index in [0.29, 0.717) is 5.75 Å². The number of thioether (sulfide) groups is 1. The molecule has 0 bridgehead atoms. The molecule has 0 radical (unpaired) electrons. The Morgan fingerprint density at radius 2 is 1.75 bits per heavy atom. The van der Waals surface area contributed by atoms with Crippen LogP contribution < -0.4 is 5.32 Å². The van der Waals surface area contributed by atoms with Gasteiger partial charge in [0.15, 0.2) is 0 Å². The van der Waals surface area contributed by atoms with Gasteiger partial charge in [0.1, 0.15) is 10.7 Å². The van der Waals surface area contributed by atoms with Gasteiger partial charge < -0.3 is 5.32 Å². The summed E-state index contributed by atoms with van der Waals surface area (Å²) in [6.07, 6.45) is 0. The summed E-state index contributed by atoms with van der Waals surface area (Å²) in [5.41, 5.74) is 1.89. The summed E-state index contributed by atoms with van der Waals surface area (Å²) < 4.78 is 0. The van der Waals surface area contributed by atoms with E-state index in [1.807, 2.05) is 73.0 Å². The monoisotopic (exact) mass is 405 g/mol. The molecule has 2 heterocycles. The first kappa shape index (κ1) is 18.7. The molecule has 4 aromatic rings. The van der Waals surface area contributed by atoms with E-state index in [1.165, 1.54) is 11.8 Å². The van der Waals surface area contributed by atoms with Crippen molar-refractivity contribution in [2.75, 3.05) is 5.75 Å². The molecule has 0 aliphatic heterocycles. The first-order valence-electron chi connectivity index (χ1n) is 8.99. The fourth-order valence-corrected chi connectivity index (χ4v) is 4.54. The molecule has 0 saturated carbocycles. The highest BCUT2D eigenvalue weighted by molar-refractivity contribution is 8.00. The van der Waals surface area contributed by atoms with Crippen molar-refractivity contribution in [2.45, 2.75) is 18.0 Å². The Bertz CT molecular complexity index is 1080. The Hall–Kier alpha value is -2.70. The van der Waals surface area contributed by atoms with E-state index >= 15 is 0 Å². The molecule has 0 saturated heterocycles. The number of amides is 1. The fraction of sp³-hybridized carbons (Fsp3) is 0.136. The zero-order valence-corrected chi connectivity index (χ0v) is 17.0. The maximum Gasteiger partial charge on any atom is 0.230 e. The smallest absolute Gasteiger partial charge is 0.230 e. The quantitative estimate of drug-likeness (QED) is 0.441. The van der Waals surface area contributed by atoms with Gasteiger partial charge in [-0.3, -0.25) is 4.79 Å². The lowest BCUT2D eigenvalue weighted by Crippen LogP contribution is -2.27. The second kappa shape index (κ2) is 8.54. The van der Waals surface area contributed by atoms with Crippen molar-refractivity contribution >= 4 is 39.8 Å². The lowest BCUT2D eigenvalue weighted by Gasteiger charge is -2.12. The van der Waals surface area contributed by atoms with Gasteiger partial charge >= 0.3 is 0 Å². The van der Waals surface area contributed by atoms with Gasteiger partial charge in [-0.05, 0) is 18.4 Å². The normalized spacial score (nSPS) is 12.0. The van der Waals surface area contributed by atoms with Gasteiger partial charge in [0.25, 0.3) is 0 Å². The maximum absolute atomic E-state index is 12.4. The van der Waals surface area contributed by atoms with E-state index in [2.05, 4.69) is 21.6 Å². The molecule has 4 nitrogen and oxygen atoms in total. The highest BCUT2D eigenvalue weighted by atomic mass is 32.2. The van der Waals surface area contributed by atoms with Crippen LogP contribution in [-0.4, -0.2) is 21.9 Å².